The lowest BCUT2D eigenvalue weighted by atomic mass is 10.1. The fraction of sp³-hybridized carbons (Fsp3) is 0.222. The van der Waals surface area contributed by atoms with E-state index in [2.05, 4.69) is 4.84 Å². The van der Waals surface area contributed by atoms with Gasteiger partial charge >= 0.3 is 0 Å². The summed E-state index contributed by atoms with van der Waals surface area (Å²) in [5.41, 5.74) is 0.740. The molecule has 0 bridgehead atoms. The Balaban J connectivity index is 2.54. The Morgan fingerprint density at radius 1 is 1.33 bits per heavy atom. The molecule has 1 rings (SSSR count). The third-order valence-corrected chi connectivity index (χ3v) is 1.73. The summed E-state index contributed by atoms with van der Waals surface area (Å²) in [6.07, 6.45) is 0.438. The van der Waals surface area contributed by atoms with E-state index in [4.69, 9.17) is 11.8 Å². The number of nitrogens with one attached hydrogen (secondary N) is 1. The molecule has 0 radical (unpaired) electrons. The maximum atomic E-state index is 11.3. The molecule has 0 fully saturated rings. The van der Waals surface area contributed by atoms with E-state index < -0.39 is 0 Å². The minimum absolute atomic E-state index is 0.115. The average Bonchev–Trinajstić information content (AvgIpc) is 2.15. The Hall–Kier alpha value is -0.860. The lowest BCUT2D eigenvalue weighted by Gasteiger charge is -1.97. The fourth-order valence-corrected chi connectivity index (χ4v) is 1.02. The van der Waals surface area contributed by atoms with Crippen molar-refractivity contribution in [2.24, 2.45) is 0 Å². The minimum Gasteiger partial charge on any atom is -0.294 e. The van der Waals surface area contributed by atoms with Gasteiger partial charge in [0.25, 0.3) is 0 Å². The second kappa shape index (κ2) is 4.91. The number of carbonyl (C=O) groups excluding carboxylic acids is 1. The number of hydrogen-bond acceptors (Lipinski definition) is 2. The maximum Gasteiger partial charge on any atom is 0.164 e. The Kier molecular flexibility index (Phi) is 3.77. The molecule has 0 aliphatic carbocycles. The third kappa shape index (κ3) is 2.64. The quantitative estimate of drug-likeness (QED) is 0.572. The first kappa shape index (κ1) is 9.23. The molecule has 1 aromatic rings. The molecule has 0 heterocycles. The van der Waals surface area contributed by atoms with Gasteiger partial charge in [-0.2, -0.15) is 0 Å². The molecule has 0 atom stereocenters. The molecule has 64 valence electrons. The van der Waals surface area contributed by atoms with Gasteiger partial charge in [-0.25, -0.2) is 4.84 Å². The van der Waals surface area contributed by atoms with Crippen molar-refractivity contribution in [3.05, 3.63) is 35.9 Å². The molecule has 1 N–H and O–H groups in total. The van der Waals surface area contributed by atoms with Gasteiger partial charge in [0.15, 0.2) is 5.78 Å². The summed E-state index contributed by atoms with van der Waals surface area (Å²) in [5.74, 6) is 0.115. The Morgan fingerprint density at radius 2 is 2.00 bits per heavy atom. The van der Waals surface area contributed by atoms with E-state index in [9.17, 15) is 4.79 Å². The molecule has 0 saturated carbocycles. The van der Waals surface area contributed by atoms with Crippen molar-refractivity contribution in [3.8, 4) is 0 Å². The van der Waals surface area contributed by atoms with Crippen LogP contribution in [0.1, 0.15) is 16.8 Å². The highest BCUT2D eigenvalue weighted by Gasteiger charge is 2.02. The van der Waals surface area contributed by atoms with Crippen molar-refractivity contribution in [2.45, 2.75) is 6.42 Å². The van der Waals surface area contributed by atoms with Crippen LogP contribution in [-0.4, -0.2) is 12.3 Å². The largest absolute Gasteiger partial charge is 0.294 e. The van der Waals surface area contributed by atoms with Crippen LogP contribution in [0.3, 0.4) is 0 Å². The van der Waals surface area contributed by atoms with Gasteiger partial charge in [0.1, 0.15) is 0 Å². The first-order chi connectivity index (χ1) is 5.84. The second-order valence-electron chi connectivity index (χ2n) is 2.42. The standard InChI is InChI=1S/C9H10ClNO/c10-11-7-6-9(12)8-4-2-1-3-5-8/h1-5,11H,6-7H2. The van der Waals surface area contributed by atoms with E-state index in [0.717, 1.165) is 5.56 Å². The van der Waals surface area contributed by atoms with Crippen LogP contribution in [0.2, 0.25) is 0 Å². The molecule has 0 saturated heterocycles. The Morgan fingerprint density at radius 3 is 2.58 bits per heavy atom. The van der Waals surface area contributed by atoms with Gasteiger partial charge < -0.3 is 0 Å². The van der Waals surface area contributed by atoms with Crippen LogP contribution < -0.4 is 4.84 Å². The van der Waals surface area contributed by atoms with Gasteiger partial charge in [-0.1, -0.05) is 30.3 Å². The predicted octanol–water partition coefficient (Wildman–Crippen LogP) is 2.00. The Labute approximate surface area is 76.7 Å². The molecule has 2 nitrogen and oxygen atoms in total. The molecule has 0 aromatic heterocycles. The highest BCUT2D eigenvalue weighted by atomic mass is 35.5. The number of rotatable bonds is 4. The van der Waals surface area contributed by atoms with E-state index in [1.807, 2.05) is 18.2 Å². The molecular formula is C9H10ClNO. The molecule has 0 aliphatic rings. The van der Waals surface area contributed by atoms with Gasteiger partial charge in [-0.15, -0.1) is 0 Å². The van der Waals surface area contributed by atoms with Crippen LogP contribution in [0.25, 0.3) is 0 Å². The van der Waals surface area contributed by atoms with Gasteiger partial charge in [0.2, 0.25) is 0 Å². The van der Waals surface area contributed by atoms with Gasteiger partial charge in [0.05, 0.1) is 0 Å². The van der Waals surface area contributed by atoms with Crippen LogP contribution in [0.4, 0.5) is 0 Å². The zero-order valence-electron chi connectivity index (χ0n) is 6.59. The lowest BCUT2D eigenvalue weighted by Crippen LogP contribution is -2.08. The summed E-state index contributed by atoms with van der Waals surface area (Å²) in [6.45, 7) is 0.509. The first-order valence-electron chi connectivity index (χ1n) is 3.76. The third-order valence-electron chi connectivity index (χ3n) is 1.54. The zero-order valence-corrected chi connectivity index (χ0v) is 7.34. The summed E-state index contributed by atoms with van der Waals surface area (Å²) in [6, 6.07) is 9.19. The number of carbonyl (C=O) groups is 1. The first-order valence-corrected chi connectivity index (χ1v) is 4.14. The molecule has 0 unspecified atom stereocenters. The normalized spacial score (nSPS) is 9.75. The number of halogens is 1. The van der Waals surface area contributed by atoms with Crippen molar-refractivity contribution in [2.75, 3.05) is 6.54 Å². The summed E-state index contributed by atoms with van der Waals surface area (Å²) < 4.78 is 0. The van der Waals surface area contributed by atoms with Gasteiger partial charge in [-0.05, 0) is 11.8 Å². The number of hydrogen-bond donors (Lipinski definition) is 1. The maximum absolute atomic E-state index is 11.3. The van der Waals surface area contributed by atoms with E-state index in [1.54, 1.807) is 12.1 Å². The molecule has 0 spiro atoms. The summed E-state index contributed by atoms with van der Waals surface area (Å²) >= 11 is 5.23. The van der Waals surface area contributed by atoms with E-state index in [0.29, 0.717) is 13.0 Å². The number of ketones is 1. The van der Waals surface area contributed by atoms with Crippen LogP contribution in [0.5, 0.6) is 0 Å². The second-order valence-corrected chi connectivity index (χ2v) is 2.69. The van der Waals surface area contributed by atoms with Crippen molar-refractivity contribution in [1.82, 2.24) is 4.84 Å². The van der Waals surface area contributed by atoms with E-state index >= 15 is 0 Å². The Bertz CT molecular complexity index is 248. The highest BCUT2D eigenvalue weighted by molar-refractivity contribution is 6.13. The van der Waals surface area contributed by atoms with E-state index in [-0.39, 0.29) is 5.78 Å². The monoisotopic (exact) mass is 183 g/mol. The zero-order chi connectivity index (χ0) is 8.81. The van der Waals surface area contributed by atoms with Crippen molar-refractivity contribution < 1.29 is 4.79 Å². The van der Waals surface area contributed by atoms with Crippen LogP contribution in [0.15, 0.2) is 30.3 Å². The summed E-state index contributed by atoms with van der Waals surface area (Å²) in [5, 5.41) is 0. The number of benzene rings is 1. The smallest absolute Gasteiger partial charge is 0.164 e. The van der Waals surface area contributed by atoms with Crippen LogP contribution in [0, 0.1) is 0 Å². The number of Topliss-reactive ketones (excluding diaryl/α,β-unsaturated/α-hetero) is 1. The van der Waals surface area contributed by atoms with Crippen LogP contribution >= 0.6 is 11.8 Å². The van der Waals surface area contributed by atoms with Gasteiger partial charge in [-0.3, -0.25) is 4.79 Å². The summed E-state index contributed by atoms with van der Waals surface area (Å²) in [4.78, 5) is 13.7. The molecule has 0 aliphatic heterocycles. The molecule has 12 heavy (non-hydrogen) atoms. The highest BCUT2D eigenvalue weighted by Crippen LogP contribution is 2.01. The fourth-order valence-electron chi connectivity index (χ4n) is 0.929. The topological polar surface area (TPSA) is 29.1 Å². The average molecular weight is 184 g/mol. The lowest BCUT2D eigenvalue weighted by molar-refractivity contribution is 0.0984. The van der Waals surface area contributed by atoms with Crippen molar-refractivity contribution in [3.63, 3.8) is 0 Å². The molecule has 3 heteroatoms. The molecule has 0 amide bonds. The van der Waals surface area contributed by atoms with Crippen molar-refractivity contribution >= 4 is 17.6 Å². The predicted molar refractivity (Wildman–Crippen MR) is 49.2 cm³/mol. The molecule has 1 aromatic carbocycles. The minimum atomic E-state index is 0.115. The van der Waals surface area contributed by atoms with Gasteiger partial charge in [0, 0.05) is 18.5 Å². The van der Waals surface area contributed by atoms with Crippen molar-refractivity contribution in [1.29, 1.82) is 0 Å². The van der Waals surface area contributed by atoms with E-state index in [1.165, 1.54) is 0 Å². The molecular weight excluding hydrogens is 174 g/mol. The SMILES string of the molecule is O=C(CCNCl)c1ccccc1. The van der Waals surface area contributed by atoms with Crippen LogP contribution in [-0.2, 0) is 0 Å². The summed E-state index contributed by atoms with van der Waals surface area (Å²) in [7, 11) is 0.